The summed E-state index contributed by atoms with van der Waals surface area (Å²) < 4.78 is 5.10. The minimum absolute atomic E-state index is 0.201. The van der Waals surface area contributed by atoms with Crippen LogP contribution in [0.4, 0.5) is 0 Å². The van der Waals surface area contributed by atoms with E-state index in [0.717, 1.165) is 16.9 Å². The van der Waals surface area contributed by atoms with Gasteiger partial charge < -0.3 is 15.4 Å². The Morgan fingerprint density at radius 2 is 1.68 bits per heavy atom. The molecule has 25 heavy (non-hydrogen) atoms. The number of hydrogen-bond acceptors (Lipinski definition) is 3. The number of benzene rings is 2. The highest BCUT2D eigenvalue weighted by Crippen LogP contribution is 2.14. The number of halogens is 1. The summed E-state index contributed by atoms with van der Waals surface area (Å²) in [7, 11) is 1.62. The fraction of sp³-hybridized carbons (Fsp3) is 0.263. The zero-order chi connectivity index (χ0) is 18.1. The highest BCUT2D eigenvalue weighted by atomic mass is 35.5. The number of hydrogen-bond donors (Lipinski definition) is 2. The van der Waals surface area contributed by atoms with Crippen LogP contribution in [0.2, 0.25) is 5.02 Å². The van der Waals surface area contributed by atoms with Gasteiger partial charge in [-0.15, -0.1) is 0 Å². The summed E-state index contributed by atoms with van der Waals surface area (Å²) in [6.45, 7) is 0.778. The molecule has 0 radical (unpaired) electrons. The van der Waals surface area contributed by atoms with Crippen LogP contribution in [-0.2, 0) is 22.6 Å². The van der Waals surface area contributed by atoms with E-state index in [0.29, 0.717) is 24.5 Å². The third kappa shape index (κ3) is 6.47. The lowest BCUT2D eigenvalue weighted by atomic mass is 10.1. The van der Waals surface area contributed by atoms with Crippen LogP contribution in [0.25, 0.3) is 0 Å². The predicted octanol–water partition coefficient (Wildman–Crippen LogP) is 2.71. The minimum atomic E-state index is -0.332. The lowest BCUT2D eigenvalue weighted by molar-refractivity contribution is -0.129. The van der Waals surface area contributed by atoms with Crippen molar-refractivity contribution in [2.45, 2.75) is 19.4 Å². The fourth-order valence-electron chi connectivity index (χ4n) is 2.24. The molecular formula is C19H21ClN2O3. The zero-order valence-electron chi connectivity index (χ0n) is 14.0. The predicted molar refractivity (Wildman–Crippen MR) is 97.6 cm³/mol. The van der Waals surface area contributed by atoms with Crippen molar-refractivity contribution in [2.24, 2.45) is 0 Å². The molecule has 2 amide bonds. The molecule has 2 rings (SSSR count). The number of nitrogens with one attached hydrogen (secondary N) is 2. The summed E-state index contributed by atoms with van der Waals surface area (Å²) in [4.78, 5) is 23.6. The number of rotatable bonds is 8. The quantitative estimate of drug-likeness (QED) is 0.711. The standard InChI is InChI=1S/C19H21ClN2O3/c1-25-16-8-6-14(7-9-16)10-11-21-18(23)12-19(24)22-13-15-4-2-3-5-17(15)20/h2-9H,10-13H2,1H3,(H,21,23)(H,22,24). The van der Waals surface area contributed by atoms with Crippen LogP contribution in [-0.4, -0.2) is 25.5 Å². The average Bonchev–Trinajstić information content (AvgIpc) is 2.61. The molecule has 0 saturated carbocycles. The van der Waals surface area contributed by atoms with Crippen LogP contribution in [0.3, 0.4) is 0 Å². The first kappa shape index (κ1) is 18.8. The van der Waals surface area contributed by atoms with Gasteiger partial charge in [0.05, 0.1) is 7.11 Å². The smallest absolute Gasteiger partial charge is 0.229 e. The third-order valence-corrected chi connectivity index (χ3v) is 4.02. The maximum atomic E-state index is 11.8. The lowest BCUT2D eigenvalue weighted by Gasteiger charge is -2.08. The summed E-state index contributed by atoms with van der Waals surface area (Å²) in [5.74, 6) is 0.162. The Labute approximate surface area is 152 Å². The minimum Gasteiger partial charge on any atom is -0.497 e. The summed E-state index contributed by atoms with van der Waals surface area (Å²) in [5.41, 5.74) is 1.90. The maximum absolute atomic E-state index is 11.8. The molecule has 0 heterocycles. The first-order valence-electron chi connectivity index (χ1n) is 7.98. The summed E-state index contributed by atoms with van der Waals surface area (Å²) >= 11 is 6.02. The van der Waals surface area contributed by atoms with Gasteiger partial charge in [-0.25, -0.2) is 0 Å². The van der Waals surface area contributed by atoms with Gasteiger partial charge in [-0.1, -0.05) is 41.9 Å². The molecule has 0 aliphatic rings. The van der Waals surface area contributed by atoms with Crippen molar-refractivity contribution in [3.63, 3.8) is 0 Å². The average molecular weight is 361 g/mol. The van der Waals surface area contributed by atoms with E-state index in [9.17, 15) is 9.59 Å². The Morgan fingerprint density at radius 3 is 2.36 bits per heavy atom. The SMILES string of the molecule is COc1ccc(CCNC(=O)CC(=O)NCc2ccccc2Cl)cc1. The van der Waals surface area contributed by atoms with Crippen molar-refractivity contribution in [2.75, 3.05) is 13.7 Å². The second kappa shape index (κ2) is 9.69. The molecule has 0 fully saturated rings. The Kier molecular flexibility index (Phi) is 7.29. The fourth-order valence-corrected chi connectivity index (χ4v) is 2.45. The van der Waals surface area contributed by atoms with E-state index in [1.165, 1.54) is 0 Å². The van der Waals surface area contributed by atoms with E-state index < -0.39 is 0 Å². The van der Waals surface area contributed by atoms with Crippen molar-refractivity contribution in [3.8, 4) is 5.75 Å². The van der Waals surface area contributed by atoms with Crippen molar-refractivity contribution in [1.82, 2.24) is 10.6 Å². The largest absolute Gasteiger partial charge is 0.497 e. The van der Waals surface area contributed by atoms with Crippen molar-refractivity contribution in [1.29, 1.82) is 0 Å². The molecule has 6 heteroatoms. The molecule has 0 aromatic heterocycles. The number of carbonyl (C=O) groups is 2. The van der Waals surface area contributed by atoms with Crippen LogP contribution in [0, 0.1) is 0 Å². The van der Waals surface area contributed by atoms with Gasteiger partial charge in [0.2, 0.25) is 11.8 Å². The molecule has 132 valence electrons. The van der Waals surface area contributed by atoms with Gasteiger partial charge in [-0.05, 0) is 35.7 Å². The molecule has 0 aliphatic heterocycles. The molecule has 0 aliphatic carbocycles. The Balaban J connectivity index is 1.67. The van der Waals surface area contributed by atoms with Crippen LogP contribution < -0.4 is 15.4 Å². The monoisotopic (exact) mass is 360 g/mol. The van der Waals surface area contributed by atoms with Gasteiger partial charge in [0.15, 0.2) is 0 Å². The molecule has 0 saturated heterocycles. The van der Waals surface area contributed by atoms with E-state index in [-0.39, 0.29) is 18.2 Å². The van der Waals surface area contributed by atoms with Crippen LogP contribution in [0.15, 0.2) is 48.5 Å². The van der Waals surface area contributed by atoms with E-state index in [4.69, 9.17) is 16.3 Å². The normalized spacial score (nSPS) is 10.2. The molecule has 2 N–H and O–H groups in total. The Bertz CT molecular complexity index is 717. The number of methoxy groups -OCH3 is 1. The lowest BCUT2D eigenvalue weighted by Crippen LogP contribution is -2.32. The topological polar surface area (TPSA) is 67.4 Å². The maximum Gasteiger partial charge on any atom is 0.229 e. The van der Waals surface area contributed by atoms with Gasteiger partial charge in [0.1, 0.15) is 12.2 Å². The molecule has 5 nitrogen and oxygen atoms in total. The van der Waals surface area contributed by atoms with Gasteiger partial charge in [-0.2, -0.15) is 0 Å². The van der Waals surface area contributed by atoms with Gasteiger partial charge >= 0.3 is 0 Å². The van der Waals surface area contributed by atoms with Crippen molar-refractivity contribution in [3.05, 3.63) is 64.7 Å². The highest BCUT2D eigenvalue weighted by molar-refractivity contribution is 6.31. The first-order chi connectivity index (χ1) is 12.1. The Morgan fingerprint density at radius 1 is 1.00 bits per heavy atom. The second-order valence-electron chi connectivity index (χ2n) is 5.49. The van der Waals surface area contributed by atoms with E-state index in [1.54, 1.807) is 13.2 Å². The van der Waals surface area contributed by atoms with E-state index >= 15 is 0 Å². The van der Waals surface area contributed by atoms with Gasteiger partial charge in [-0.3, -0.25) is 9.59 Å². The van der Waals surface area contributed by atoms with Crippen LogP contribution in [0.5, 0.6) is 5.75 Å². The Hall–Kier alpha value is -2.53. The van der Waals surface area contributed by atoms with E-state index in [1.807, 2.05) is 42.5 Å². The van der Waals surface area contributed by atoms with Gasteiger partial charge in [0.25, 0.3) is 0 Å². The second-order valence-corrected chi connectivity index (χ2v) is 5.90. The summed E-state index contributed by atoms with van der Waals surface area (Å²) in [5, 5.41) is 6.03. The summed E-state index contributed by atoms with van der Waals surface area (Å²) in [6, 6.07) is 14.9. The van der Waals surface area contributed by atoms with Crippen LogP contribution >= 0.6 is 11.6 Å². The highest BCUT2D eigenvalue weighted by Gasteiger charge is 2.09. The number of amides is 2. The molecule has 0 unspecified atom stereocenters. The molecule has 0 spiro atoms. The molecule has 0 bridgehead atoms. The molecule has 2 aromatic rings. The first-order valence-corrected chi connectivity index (χ1v) is 8.36. The summed E-state index contributed by atoms with van der Waals surface area (Å²) in [6.07, 6.45) is 0.490. The molecule has 2 aromatic carbocycles. The van der Waals surface area contributed by atoms with Crippen LogP contribution in [0.1, 0.15) is 17.5 Å². The van der Waals surface area contributed by atoms with Crippen molar-refractivity contribution >= 4 is 23.4 Å². The number of ether oxygens (including phenoxy) is 1. The van der Waals surface area contributed by atoms with E-state index in [2.05, 4.69) is 10.6 Å². The molecule has 0 atom stereocenters. The third-order valence-electron chi connectivity index (χ3n) is 3.65. The number of carbonyl (C=O) groups excluding carboxylic acids is 2. The zero-order valence-corrected chi connectivity index (χ0v) is 14.8. The van der Waals surface area contributed by atoms with Crippen molar-refractivity contribution < 1.29 is 14.3 Å². The van der Waals surface area contributed by atoms with Gasteiger partial charge in [0, 0.05) is 18.1 Å². The molecular weight excluding hydrogens is 340 g/mol.